The van der Waals surface area contributed by atoms with E-state index in [0.29, 0.717) is 43.7 Å². The summed E-state index contributed by atoms with van der Waals surface area (Å²) < 4.78 is 16.5. The normalized spacial score (nSPS) is 10.6. The number of hydrogen-bond donors (Lipinski definition) is 1. The highest BCUT2D eigenvalue weighted by Crippen LogP contribution is 2.18. The van der Waals surface area contributed by atoms with E-state index < -0.39 is 0 Å². The molecular weight excluding hydrogens is 330 g/mol. The molecule has 0 atom stereocenters. The summed E-state index contributed by atoms with van der Waals surface area (Å²) in [4.78, 5) is 12.4. The first-order valence-electron chi connectivity index (χ1n) is 8.93. The molecular formula is C21H27NO4. The predicted octanol–water partition coefficient (Wildman–Crippen LogP) is 4.39. The van der Waals surface area contributed by atoms with Crippen LogP contribution in [0.4, 0.5) is 5.69 Å². The first-order valence-corrected chi connectivity index (χ1v) is 8.93. The van der Waals surface area contributed by atoms with Gasteiger partial charge in [-0.3, -0.25) is 4.79 Å². The molecule has 1 N–H and O–H groups in total. The van der Waals surface area contributed by atoms with Gasteiger partial charge in [-0.05, 0) is 55.3 Å². The van der Waals surface area contributed by atoms with Gasteiger partial charge in [0, 0.05) is 17.9 Å². The van der Waals surface area contributed by atoms with Gasteiger partial charge in [0.2, 0.25) is 0 Å². The lowest BCUT2D eigenvalue weighted by Crippen LogP contribution is -2.12. The number of ether oxygens (including phenoxy) is 3. The zero-order valence-electron chi connectivity index (χ0n) is 15.7. The lowest BCUT2D eigenvalue weighted by Gasteiger charge is -2.11. The van der Waals surface area contributed by atoms with Crippen molar-refractivity contribution in [3.8, 4) is 11.5 Å². The number of rotatable bonds is 10. The first-order chi connectivity index (χ1) is 12.6. The SMILES string of the molecule is CCOCCOc1cccc(C(=O)Nc2ccc(OCC(C)C)cc2)c1. The van der Waals surface area contributed by atoms with Gasteiger partial charge >= 0.3 is 0 Å². The van der Waals surface area contributed by atoms with E-state index in [2.05, 4.69) is 19.2 Å². The molecule has 0 saturated carbocycles. The van der Waals surface area contributed by atoms with E-state index in [-0.39, 0.29) is 5.91 Å². The van der Waals surface area contributed by atoms with Crippen molar-refractivity contribution in [2.24, 2.45) is 5.92 Å². The Morgan fingerprint density at radius 2 is 1.77 bits per heavy atom. The quantitative estimate of drug-likeness (QED) is 0.641. The maximum atomic E-state index is 12.4. The van der Waals surface area contributed by atoms with Gasteiger partial charge in [0.15, 0.2) is 0 Å². The number of benzene rings is 2. The van der Waals surface area contributed by atoms with E-state index in [1.165, 1.54) is 0 Å². The molecule has 1 amide bonds. The Balaban J connectivity index is 1.90. The topological polar surface area (TPSA) is 56.8 Å². The number of nitrogens with one attached hydrogen (secondary N) is 1. The molecule has 0 unspecified atom stereocenters. The summed E-state index contributed by atoms with van der Waals surface area (Å²) >= 11 is 0. The van der Waals surface area contributed by atoms with Crippen molar-refractivity contribution in [2.45, 2.75) is 20.8 Å². The van der Waals surface area contributed by atoms with Crippen molar-refractivity contribution in [1.82, 2.24) is 0 Å². The Bertz CT molecular complexity index is 683. The van der Waals surface area contributed by atoms with Gasteiger partial charge in [-0.1, -0.05) is 19.9 Å². The minimum atomic E-state index is -0.184. The average Bonchev–Trinajstić information content (AvgIpc) is 2.65. The summed E-state index contributed by atoms with van der Waals surface area (Å²) in [6.07, 6.45) is 0. The van der Waals surface area contributed by atoms with Gasteiger partial charge < -0.3 is 19.5 Å². The summed E-state index contributed by atoms with van der Waals surface area (Å²) in [5.41, 5.74) is 1.26. The summed E-state index contributed by atoms with van der Waals surface area (Å²) in [7, 11) is 0. The Kier molecular flexibility index (Phi) is 7.96. The molecule has 0 heterocycles. The van der Waals surface area contributed by atoms with Crippen LogP contribution in [0.15, 0.2) is 48.5 Å². The molecule has 5 nitrogen and oxygen atoms in total. The van der Waals surface area contributed by atoms with Gasteiger partial charge in [-0.25, -0.2) is 0 Å². The van der Waals surface area contributed by atoms with Crippen LogP contribution in [0.1, 0.15) is 31.1 Å². The average molecular weight is 357 g/mol. The van der Waals surface area contributed by atoms with Crippen LogP contribution in [0.3, 0.4) is 0 Å². The van der Waals surface area contributed by atoms with Crippen LogP contribution in [0, 0.1) is 5.92 Å². The maximum absolute atomic E-state index is 12.4. The molecule has 2 aromatic carbocycles. The molecule has 0 aliphatic carbocycles. The molecule has 0 aromatic heterocycles. The summed E-state index contributed by atoms with van der Waals surface area (Å²) in [5.74, 6) is 1.73. The second kappa shape index (κ2) is 10.5. The second-order valence-electron chi connectivity index (χ2n) is 6.26. The smallest absolute Gasteiger partial charge is 0.255 e. The van der Waals surface area contributed by atoms with E-state index >= 15 is 0 Å². The Morgan fingerprint density at radius 3 is 2.46 bits per heavy atom. The summed E-state index contributed by atoms with van der Waals surface area (Å²) in [6, 6.07) is 14.5. The highest BCUT2D eigenvalue weighted by Gasteiger charge is 2.08. The van der Waals surface area contributed by atoms with E-state index in [0.717, 1.165) is 11.4 Å². The van der Waals surface area contributed by atoms with E-state index in [1.807, 2.05) is 37.3 Å². The Hall–Kier alpha value is -2.53. The van der Waals surface area contributed by atoms with Crippen LogP contribution in [-0.2, 0) is 4.74 Å². The van der Waals surface area contributed by atoms with Crippen LogP contribution in [0.5, 0.6) is 11.5 Å². The van der Waals surface area contributed by atoms with Gasteiger partial charge in [0.1, 0.15) is 18.1 Å². The minimum Gasteiger partial charge on any atom is -0.493 e. The van der Waals surface area contributed by atoms with Crippen LogP contribution >= 0.6 is 0 Å². The molecule has 0 fully saturated rings. The molecule has 26 heavy (non-hydrogen) atoms. The molecule has 0 radical (unpaired) electrons. The van der Waals surface area contributed by atoms with Crippen molar-refractivity contribution in [2.75, 3.05) is 31.7 Å². The fourth-order valence-electron chi connectivity index (χ4n) is 2.19. The fourth-order valence-corrected chi connectivity index (χ4v) is 2.19. The number of carbonyl (C=O) groups is 1. The van der Waals surface area contributed by atoms with Crippen LogP contribution in [0.2, 0.25) is 0 Å². The van der Waals surface area contributed by atoms with Gasteiger partial charge in [0.25, 0.3) is 5.91 Å². The zero-order valence-corrected chi connectivity index (χ0v) is 15.7. The van der Waals surface area contributed by atoms with E-state index in [9.17, 15) is 4.79 Å². The second-order valence-corrected chi connectivity index (χ2v) is 6.26. The maximum Gasteiger partial charge on any atom is 0.255 e. The molecule has 0 bridgehead atoms. The molecule has 5 heteroatoms. The summed E-state index contributed by atoms with van der Waals surface area (Å²) in [6.45, 7) is 8.45. The standard InChI is InChI=1S/C21H27NO4/c1-4-24-12-13-25-20-7-5-6-17(14-20)21(23)22-18-8-10-19(11-9-18)26-15-16(2)3/h5-11,14,16H,4,12-13,15H2,1-3H3,(H,22,23). The van der Waals surface area contributed by atoms with Crippen LogP contribution < -0.4 is 14.8 Å². The molecule has 2 aromatic rings. The van der Waals surface area contributed by atoms with E-state index in [4.69, 9.17) is 14.2 Å². The first kappa shape index (κ1) is 19.8. The molecule has 0 aliphatic rings. The van der Waals surface area contributed by atoms with Crippen molar-refractivity contribution in [3.63, 3.8) is 0 Å². The van der Waals surface area contributed by atoms with Crippen molar-refractivity contribution >= 4 is 11.6 Å². The van der Waals surface area contributed by atoms with Gasteiger partial charge in [-0.15, -0.1) is 0 Å². The number of hydrogen-bond acceptors (Lipinski definition) is 4. The highest BCUT2D eigenvalue weighted by molar-refractivity contribution is 6.04. The third kappa shape index (κ3) is 6.76. The fraction of sp³-hybridized carbons (Fsp3) is 0.381. The third-order valence-electron chi connectivity index (χ3n) is 3.49. The zero-order chi connectivity index (χ0) is 18.8. The molecule has 0 aliphatic heterocycles. The number of anilines is 1. The van der Waals surface area contributed by atoms with Crippen molar-refractivity contribution in [3.05, 3.63) is 54.1 Å². The lowest BCUT2D eigenvalue weighted by atomic mass is 10.2. The van der Waals surface area contributed by atoms with Gasteiger partial charge in [-0.2, -0.15) is 0 Å². The van der Waals surface area contributed by atoms with Crippen LogP contribution in [0.25, 0.3) is 0 Å². The monoisotopic (exact) mass is 357 g/mol. The molecule has 0 spiro atoms. The largest absolute Gasteiger partial charge is 0.493 e. The van der Waals surface area contributed by atoms with Crippen molar-refractivity contribution < 1.29 is 19.0 Å². The Labute approximate surface area is 155 Å². The minimum absolute atomic E-state index is 0.184. The molecule has 0 saturated heterocycles. The summed E-state index contributed by atoms with van der Waals surface area (Å²) in [5, 5.41) is 2.88. The third-order valence-corrected chi connectivity index (χ3v) is 3.49. The van der Waals surface area contributed by atoms with E-state index in [1.54, 1.807) is 18.2 Å². The Morgan fingerprint density at radius 1 is 1.00 bits per heavy atom. The highest BCUT2D eigenvalue weighted by atomic mass is 16.5. The number of amides is 1. The predicted molar refractivity (Wildman–Crippen MR) is 103 cm³/mol. The van der Waals surface area contributed by atoms with Crippen molar-refractivity contribution in [1.29, 1.82) is 0 Å². The van der Waals surface area contributed by atoms with Crippen LogP contribution in [-0.4, -0.2) is 32.3 Å². The molecule has 2 rings (SSSR count). The lowest BCUT2D eigenvalue weighted by molar-refractivity contribution is 0.102. The van der Waals surface area contributed by atoms with Gasteiger partial charge in [0.05, 0.1) is 13.2 Å². The number of carbonyl (C=O) groups excluding carboxylic acids is 1. The molecule has 140 valence electrons.